The minimum absolute atomic E-state index is 0.531. The number of ether oxygens (including phenoxy) is 2. The molecule has 2 N–H and O–H groups in total. The van der Waals surface area contributed by atoms with Crippen molar-refractivity contribution < 1.29 is 9.47 Å². The Hall–Kier alpha value is -2.57. The summed E-state index contributed by atoms with van der Waals surface area (Å²) in [4.78, 5) is 4.41. The molecule has 7 heteroatoms. The molecule has 0 radical (unpaired) electrons. The van der Waals surface area contributed by atoms with Crippen molar-refractivity contribution in [2.45, 2.75) is 26.2 Å². The zero-order valence-electron chi connectivity index (χ0n) is 13.2. The SMILES string of the molecule is CCCCCNc1nncc(Nc2ccc3c(c2)OCCO3)n1. The van der Waals surface area contributed by atoms with Gasteiger partial charge in [-0.2, -0.15) is 10.1 Å². The summed E-state index contributed by atoms with van der Waals surface area (Å²) in [7, 11) is 0. The Kier molecular flexibility index (Phi) is 5.08. The lowest BCUT2D eigenvalue weighted by atomic mass is 10.2. The molecule has 23 heavy (non-hydrogen) atoms. The van der Waals surface area contributed by atoms with E-state index in [0.29, 0.717) is 25.0 Å². The van der Waals surface area contributed by atoms with E-state index >= 15 is 0 Å². The van der Waals surface area contributed by atoms with Gasteiger partial charge in [-0.05, 0) is 18.6 Å². The highest BCUT2D eigenvalue weighted by Gasteiger charge is 2.12. The zero-order chi connectivity index (χ0) is 15.9. The molecule has 0 saturated carbocycles. The number of aromatic nitrogens is 3. The van der Waals surface area contributed by atoms with Crippen LogP contribution in [0.3, 0.4) is 0 Å². The van der Waals surface area contributed by atoms with Crippen molar-refractivity contribution >= 4 is 17.5 Å². The largest absolute Gasteiger partial charge is 0.486 e. The monoisotopic (exact) mass is 315 g/mol. The van der Waals surface area contributed by atoms with Crippen molar-refractivity contribution in [2.75, 3.05) is 30.4 Å². The first-order valence-corrected chi connectivity index (χ1v) is 7.95. The van der Waals surface area contributed by atoms with E-state index in [1.165, 1.54) is 12.8 Å². The van der Waals surface area contributed by atoms with Gasteiger partial charge in [-0.25, -0.2) is 0 Å². The summed E-state index contributed by atoms with van der Waals surface area (Å²) >= 11 is 0. The molecule has 2 aromatic rings. The lowest BCUT2D eigenvalue weighted by Gasteiger charge is -2.19. The predicted molar refractivity (Wildman–Crippen MR) is 88.6 cm³/mol. The molecule has 7 nitrogen and oxygen atoms in total. The molecule has 122 valence electrons. The molecule has 0 fully saturated rings. The summed E-state index contributed by atoms with van der Waals surface area (Å²) in [6, 6.07) is 5.70. The van der Waals surface area contributed by atoms with Crippen molar-refractivity contribution in [3.63, 3.8) is 0 Å². The molecular formula is C16H21N5O2. The number of hydrogen-bond donors (Lipinski definition) is 2. The molecular weight excluding hydrogens is 294 g/mol. The number of unbranched alkanes of at least 4 members (excludes halogenated alkanes) is 2. The first kappa shape index (κ1) is 15.3. The van der Waals surface area contributed by atoms with Crippen LogP contribution >= 0.6 is 0 Å². The van der Waals surface area contributed by atoms with E-state index < -0.39 is 0 Å². The van der Waals surface area contributed by atoms with Gasteiger partial charge in [-0.1, -0.05) is 19.8 Å². The zero-order valence-corrected chi connectivity index (χ0v) is 13.2. The second-order valence-electron chi connectivity index (χ2n) is 5.28. The Morgan fingerprint density at radius 1 is 1.13 bits per heavy atom. The number of benzene rings is 1. The first-order valence-electron chi connectivity index (χ1n) is 7.95. The maximum absolute atomic E-state index is 5.58. The number of anilines is 3. The number of nitrogens with one attached hydrogen (secondary N) is 2. The van der Waals surface area contributed by atoms with Gasteiger partial charge < -0.3 is 20.1 Å². The minimum Gasteiger partial charge on any atom is -0.486 e. The standard InChI is InChI=1S/C16H21N5O2/c1-2-3-4-7-17-16-20-15(11-18-21-16)19-12-5-6-13-14(10-12)23-9-8-22-13/h5-6,10-11H,2-4,7-9H2,1H3,(H2,17,19,20,21). The van der Waals surface area contributed by atoms with E-state index in [1.54, 1.807) is 6.20 Å². The molecule has 1 aliphatic rings. The summed E-state index contributed by atoms with van der Waals surface area (Å²) in [6.45, 7) is 4.18. The molecule has 0 saturated heterocycles. The molecule has 2 heterocycles. The molecule has 0 bridgehead atoms. The Morgan fingerprint density at radius 3 is 2.87 bits per heavy atom. The third-order valence-electron chi connectivity index (χ3n) is 3.44. The van der Waals surface area contributed by atoms with E-state index in [4.69, 9.17) is 9.47 Å². The maximum Gasteiger partial charge on any atom is 0.244 e. The smallest absolute Gasteiger partial charge is 0.244 e. The average Bonchev–Trinajstić information content (AvgIpc) is 2.59. The number of rotatable bonds is 7. The van der Waals surface area contributed by atoms with Crippen molar-refractivity contribution in [2.24, 2.45) is 0 Å². The van der Waals surface area contributed by atoms with Gasteiger partial charge >= 0.3 is 0 Å². The van der Waals surface area contributed by atoms with Gasteiger partial charge in [-0.15, -0.1) is 5.10 Å². The number of nitrogens with zero attached hydrogens (tertiary/aromatic N) is 3. The van der Waals surface area contributed by atoms with Gasteiger partial charge in [0.25, 0.3) is 0 Å². The Morgan fingerprint density at radius 2 is 2.00 bits per heavy atom. The van der Waals surface area contributed by atoms with E-state index in [1.807, 2.05) is 18.2 Å². The second kappa shape index (κ2) is 7.62. The van der Waals surface area contributed by atoms with Crippen LogP contribution in [0.15, 0.2) is 24.4 Å². The van der Waals surface area contributed by atoms with E-state index in [0.717, 1.165) is 30.2 Å². The van der Waals surface area contributed by atoms with Gasteiger partial charge in [0.1, 0.15) is 13.2 Å². The molecule has 0 unspecified atom stereocenters. The fourth-order valence-electron chi connectivity index (χ4n) is 2.28. The minimum atomic E-state index is 0.531. The molecule has 0 spiro atoms. The first-order chi connectivity index (χ1) is 11.3. The van der Waals surface area contributed by atoms with Gasteiger partial charge in [0, 0.05) is 18.3 Å². The number of hydrogen-bond acceptors (Lipinski definition) is 7. The highest BCUT2D eigenvalue weighted by atomic mass is 16.6. The van der Waals surface area contributed by atoms with Crippen molar-refractivity contribution in [3.05, 3.63) is 24.4 Å². The molecule has 3 rings (SSSR count). The molecule has 0 atom stereocenters. The lowest BCUT2D eigenvalue weighted by molar-refractivity contribution is 0.171. The van der Waals surface area contributed by atoms with Crippen molar-refractivity contribution in [1.82, 2.24) is 15.2 Å². The Labute approximate surface area is 135 Å². The highest BCUT2D eigenvalue weighted by molar-refractivity contribution is 5.61. The average molecular weight is 315 g/mol. The fourth-order valence-corrected chi connectivity index (χ4v) is 2.28. The van der Waals surface area contributed by atoms with Crippen LogP contribution in [-0.2, 0) is 0 Å². The lowest BCUT2D eigenvalue weighted by Crippen LogP contribution is -2.15. The third kappa shape index (κ3) is 4.21. The van der Waals surface area contributed by atoms with Crippen LogP contribution in [0.4, 0.5) is 17.5 Å². The van der Waals surface area contributed by atoms with Crippen LogP contribution < -0.4 is 20.1 Å². The summed E-state index contributed by atoms with van der Waals surface area (Å²) in [5, 5.41) is 14.4. The third-order valence-corrected chi connectivity index (χ3v) is 3.44. The molecule has 1 aromatic heterocycles. The predicted octanol–water partition coefficient (Wildman–Crippen LogP) is 2.99. The topological polar surface area (TPSA) is 81.2 Å². The van der Waals surface area contributed by atoms with Crippen molar-refractivity contribution in [3.8, 4) is 11.5 Å². The van der Waals surface area contributed by atoms with Gasteiger partial charge in [0.05, 0.1) is 6.20 Å². The molecule has 0 amide bonds. The van der Waals surface area contributed by atoms with Gasteiger partial charge in [0.2, 0.25) is 5.95 Å². The van der Waals surface area contributed by atoms with E-state index in [9.17, 15) is 0 Å². The number of fused-ring (bicyclic) bond motifs is 1. The van der Waals surface area contributed by atoms with Crippen molar-refractivity contribution in [1.29, 1.82) is 0 Å². The Balaban J connectivity index is 1.63. The molecule has 0 aliphatic carbocycles. The van der Waals surface area contributed by atoms with Crippen LogP contribution in [0.2, 0.25) is 0 Å². The van der Waals surface area contributed by atoms with Gasteiger partial charge in [0.15, 0.2) is 17.3 Å². The fraction of sp³-hybridized carbons (Fsp3) is 0.438. The van der Waals surface area contributed by atoms with Crippen LogP contribution in [-0.4, -0.2) is 34.9 Å². The quantitative estimate of drug-likeness (QED) is 0.760. The Bertz CT molecular complexity index is 650. The summed E-state index contributed by atoms with van der Waals surface area (Å²) in [6.07, 6.45) is 5.07. The van der Waals surface area contributed by atoms with E-state index in [-0.39, 0.29) is 0 Å². The summed E-state index contributed by atoms with van der Waals surface area (Å²) in [5.74, 6) is 2.67. The normalized spacial score (nSPS) is 12.7. The molecule has 1 aliphatic heterocycles. The maximum atomic E-state index is 5.58. The summed E-state index contributed by atoms with van der Waals surface area (Å²) < 4.78 is 11.1. The van der Waals surface area contributed by atoms with Crippen LogP contribution in [0.1, 0.15) is 26.2 Å². The van der Waals surface area contributed by atoms with Crippen LogP contribution in [0, 0.1) is 0 Å². The second-order valence-corrected chi connectivity index (χ2v) is 5.28. The van der Waals surface area contributed by atoms with Crippen LogP contribution in [0.5, 0.6) is 11.5 Å². The molecule has 1 aromatic carbocycles. The summed E-state index contributed by atoms with van der Waals surface area (Å²) in [5.41, 5.74) is 0.867. The van der Waals surface area contributed by atoms with Crippen LogP contribution in [0.25, 0.3) is 0 Å². The highest BCUT2D eigenvalue weighted by Crippen LogP contribution is 2.33. The van der Waals surface area contributed by atoms with E-state index in [2.05, 4.69) is 32.7 Å². The van der Waals surface area contributed by atoms with Gasteiger partial charge in [-0.3, -0.25) is 0 Å².